The van der Waals surface area contributed by atoms with Crippen LogP contribution in [0.3, 0.4) is 0 Å². The molecule has 0 fully saturated rings. The Balaban J connectivity index is 0.00000228. The lowest BCUT2D eigenvalue weighted by Gasteiger charge is -2.24. The fourth-order valence-electron chi connectivity index (χ4n) is 8.42. The van der Waals surface area contributed by atoms with Crippen molar-refractivity contribution < 1.29 is 0 Å². The van der Waals surface area contributed by atoms with Crippen LogP contribution >= 0.6 is 0 Å². The van der Waals surface area contributed by atoms with Gasteiger partial charge in [0.25, 0.3) is 0 Å². The summed E-state index contributed by atoms with van der Waals surface area (Å²) in [4.78, 5) is 10.6. The van der Waals surface area contributed by atoms with Gasteiger partial charge in [-0.3, -0.25) is 0 Å². The molecule has 1 aliphatic carbocycles. The number of benzene rings is 8. The molecule has 1 atom stereocenters. The molecule has 1 unspecified atom stereocenters. The van der Waals surface area contributed by atoms with Gasteiger partial charge in [-0.25, -0.2) is 9.98 Å². The molecule has 2 aliphatic rings. The topological polar surface area (TPSA) is 36.8 Å². The maximum atomic E-state index is 5.34. The summed E-state index contributed by atoms with van der Waals surface area (Å²) in [5, 5.41) is 5.92. The summed E-state index contributed by atoms with van der Waals surface area (Å²) in [6, 6.07) is 71.6. The molecule has 0 saturated carbocycles. The van der Waals surface area contributed by atoms with Gasteiger partial charge in [-0.15, -0.1) is 0 Å². The summed E-state index contributed by atoms with van der Waals surface area (Å²) in [7, 11) is 0. The molecule has 0 spiro atoms. The molecule has 1 N–H and O–H groups in total. The van der Waals surface area contributed by atoms with Gasteiger partial charge in [-0.1, -0.05) is 214 Å². The summed E-state index contributed by atoms with van der Waals surface area (Å²) < 4.78 is 0. The Morgan fingerprint density at radius 2 is 1.00 bits per heavy atom. The maximum absolute atomic E-state index is 5.34. The largest absolute Gasteiger partial charge is 0.324 e. The van der Waals surface area contributed by atoms with Crippen LogP contribution in [-0.2, 0) is 6.42 Å². The van der Waals surface area contributed by atoms with Gasteiger partial charge < -0.3 is 5.32 Å². The molecule has 8 aromatic rings. The summed E-state index contributed by atoms with van der Waals surface area (Å²) in [6.07, 6.45) is 6.21. The van der Waals surface area contributed by atoms with Gasteiger partial charge in [-0.05, 0) is 91.4 Å². The van der Waals surface area contributed by atoms with Gasteiger partial charge in [0.1, 0.15) is 11.7 Å². The molecule has 8 aromatic carbocycles. The van der Waals surface area contributed by atoms with Gasteiger partial charge in [0.15, 0.2) is 6.17 Å². The number of amidine groups is 2. The van der Waals surface area contributed by atoms with Gasteiger partial charge >= 0.3 is 0 Å². The zero-order valence-corrected chi connectivity index (χ0v) is 34.1. The van der Waals surface area contributed by atoms with Crippen LogP contribution in [0, 0.1) is 0 Å². The van der Waals surface area contributed by atoms with E-state index in [0.717, 1.165) is 57.7 Å². The van der Waals surface area contributed by atoms with E-state index >= 15 is 0 Å². The Morgan fingerprint density at radius 3 is 1.65 bits per heavy atom. The summed E-state index contributed by atoms with van der Waals surface area (Å²) >= 11 is 0. The van der Waals surface area contributed by atoms with Crippen LogP contribution < -0.4 is 5.32 Å². The highest BCUT2D eigenvalue weighted by Crippen LogP contribution is 2.40. The van der Waals surface area contributed by atoms with Gasteiger partial charge in [0.05, 0.1) is 0 Å². The highest BCUT2D eigenvalue weighted by molar-refractivity contribution is 6.16. The molecule has 1 aliphatic heterocycles. The third-order valence-electron chi connectivity index (χ3n) is 11.2. The second-order valence-electron chi connectivity index (χ2n) is 14.9. The third-order valence-corrected chi connectivity index (χ3v) is 11.2. The molecule has 3 nitrogen and oxygen atoms in total. The molecule has 10 rings (SSSR count). The zero-order valence-electron chi connectivity index (χ0n) is 34.1. The smallest absolute Gasteiger partial charge is 0.170 e. The average molecular weight is 774 g/mol. The number of fused-ring (bicyclic) bond motifs is 2. The van der Waals surface area contributed by atoms with Crippen molar-refractivity contribution in [1.29, 1.82) is 0 Å². The number of rotatable bonds is 8. The van der Waals surface area contributed by atoms with E-state index in [4.69, 9.17) is 9.98 Å². The van der Waals surface area contributed by atoms with Gasteiger partial charge in [0.2, 0.25) is 0 Å². The van der Waals surface area contributed by atoms with E-state index in [1.54, 1.807) is 0 Å². The second-order valence-corrected chi connectivity index (χ2v) is 14.9. The van der Waals surface area contributed by atoms with Crippen LogP contribution in [0.25, 0.3) is 39.1 Å². The Kier molecular flexibility index (Phi) is 11.2. The van der Waals surface area contributed by atoms with E-state index in [-0.39, 0.29) is 0 Å². The van der Waals surface area contributed by atoms with Crippen LogP contribution in [0.15, 0.2) is 216 Å². The first-order valence-electron chi connectivity index (χ1n) is 21.1. The molecular weight excluding hydrogens is 727 g/mol. The molecule has 0 amide bonds. The second kappa shape index (κ2) is 17.6. The van der Waals surface area contributed by atoms with Crippen molar-refractivity contribution in [2.24, 2.45) is 9.98 Å². The number of allylic oxidation sites excluding steroid dienone is 1. The SMILES string of the molecule is C1=Cc2cc(C3=NC(c4ccc(-c5cccc(C(=C(c6ccccc6)c6ccccc6)c6ccccc6)c5)c5ccccc45)N=C(c4ccccc4)N3)ccc2CC1.CC. The monoisotopic (exact) mass is 773 g/mol. The van der Waals surface area contributed by atoms with Crippen molar-refractivity contribution in [2.75, 3.05) is 0 Å². The lowest BCUT2D eigenvalue weighted by atomic mass is 9.84. The van der Waals surface area contributed by atoms with Crippen molar-refractivity contribution in [1.82, 2.24) is 5.32 Å². The Hall–Kier alpha value is -7.36. The fourth-order valence-corrected chi connectivity index (χ4v) is 8.42. The van der Waals surface area contributed by atoms with E-state index < -0.39 is 6.17 Å². The molecule has 1 heterocycles. The first-order valence-corrected chi connectivity index (χ1v) is 21.1. The highest BCUT2D eigenvalue weighted by Gasteiger charge is 2.24. The van der Waals surface area contributed by atoms with Crippen molar-refractivity contribution in [2.45, 2.75) is 32.9 Å². The summed E-state index contributed by atoms with van der Waals surface area (Å²) in [6.45, 7) is 4.00. The fraction of sp³-hybridized carbons (Fsp3) is 0.0877. The molecule has 3 heteroatoms. The maximum Gasteiger partial charge on any atom is 0.170 e. The number of hydrogen-bond acceptors (Lipinski definition) is 3. The number of nitrogens with one attached hydrogen (secondary N) is 1. The molecule has 0 radical (unpaired) electrons. The van der Waals surface area contributed by atoms with E-state index in [1.807, 2.05) is 19.9 Å². The van der Waals surface area contributed by atoms with E-state index in [9.17, 15) is 0 Å². The average Bonchev–Trinajstić information content (AvgIpc) is 3.34. The minimum Gasteiger partial charge on any atom is -0.324 e. The van der Waals surface area contributed by atoms with Crippen LogP contribution in [0.5, 0.6) is 0 Å². The molecule has 0 bridgehead atoms. The Morgan fingerprint density at radius 1 is 0.467 bits per heavy atom. The first kappa shape index (κ1) is 38.2. The van der Waals surface area contributed by atoms with Crippen LogP contribution in [-0.4, -0.2) is 11.7 Å². The minimum absolute atomic E-state index is 0.435. The number of hydrogen-bond donors (Lipinski definition) is 1. The summed E-state index contributed by atoms with van der Waals surface area (Å²) in [5.41, 5.74) is 15.2. The Bertz CT molecular complexity index is 2850. The van der Waals surface area contributed by atoms with Crippen LogP contribution in [0.4, 0.5) is 0 Å². The normalized spacial score (nSPS) is 14.1. The number of nitrogens with zero attached hydrogens (tertiary/aromatic N) is 2. The molecule has 0 saturated heterocycles. The Labute approximate surface area is 353 Å². The lowest BCUT2D eigenvalue weighted by molar-refractivity contribution is 0.762. The van der Waals surface area contributed by atoms with E-state index in [1.165, 1.54) is 49.9 Å². The van der Waals surface area contributed by atoms with Gasteiger partial charge in [0, 0.05) is 16.7 Å². The third kappa shape index (κ3) is 7.78. The molecule has 60 heavy (non-hydrogen) atoms. The molecule has 0 aromatic heterocycles. The van der Waals surface area contributed by atoms with Crippen molar-refractivity contribution in [3.63, 3.8) is 0 Å². The van der Waals surface area contributed by atoms with E-state index in [2.05, 4.69) is 212 Å². The molecular formula is C57H47N3. The number of aryl methyl sites for hydroxylation is 1. The van der Waals surface area contributed by atoms with E-state index in [0.29, 0.717) is 0 Å². The highest BCUT2D eigenvalue weighted by atomic mass is 15.2. The quantitative estimate of drug-likeness (QED) is 0.153. The van der Waals surface area contributed by atoms with Crippen LogP contribution in [0.1, 0.15) is 76.5 Å². The standard InChI is InChI=1S/C55H41N3.C2H6/c1-5-19-39(20-6-1)51(40-21-7-2-8-22-40)52(41-23-9-3-10-24-41)45-29-17-28-44(37-45)47-34-35-50(49-31-16-15-30-48(47)49)55-57-53(42-25-11-4-12-26-42)56-54(58-55)46-33-32-38-18-13-14-27-43(38)36-46;1-2/h1-12,14-17,19-37,55H,13,18H2,(H,56,57,58);1-2H3. The van der Waals surface area contributed by atoms with Crippen molar-refractivity contribution in [3.8, 4) is 11.1 Å². The van der Waals surface area contributed by atoms with Crippen LogP contribution in [0.2, 0.25) is 0 Å². The number of aliphatic imine (C=N–C) groups is 2. The van der Waals surface area contributed by atoms with Gasteiger partial charge in [-0.2, -0.15) is 0 Å². The lowest BCUT2D eigenvalue weighted by Crippen LogP contribution is -2.36. The zero-order chi connectivity index (χ0) is 40.7. The predicted octanol–water partition coefficient (Wildman–Crippen LogP) is 14.0. The first-order chi connectivity index (χ1) is 29.8. The predicted molar refractivity (Wildman–Crippen MR) is 254 cm³/mol. The minimum atomic E-state index is -0.435. The molecule has 290 valence electrons. The summed E-state index contributed by atoms with van der Waals surface area (Å²) in [5.74, 6) is 1.65. The van der Waals surface area contributed by atoms with Crippen molar-refractivity contribution >= 4 is 39.7 Å². The van der Waals surface area contributed by atoms with Crippen molar-refractivity contribution in [3.05, 3.63) is 256 Å².